The number of nitrogens with zero attached hydrogens (tertiary/aromatic N) is 1. The molecule has 2 atom stereocenters. The number of amides is 1. The minimum absolute atomic E-state index is 0.0760. The second kappa shape index (κ2) is 14.1. The highest BCUT2D eigenvalue weighted by atomic mass is 19.1. The van der Waals surface area contributed by atoms with Gasteiger partial charge in [-0.2, -0.15) is 0 Å². The Morgan fingerprint density at radius 3 is 2.33 bits per heavy atom. The summed E-state index contributed by atoms with van der Waals surface area (Å²) in [5.41, 5.74) is 2.21. The van der Waals surface area contributed by atoms with Crippen LogP contribution in [-0.4, -0.2) is 51.0 Å². The Bertz CT molecular complexity index is 1790. The maximum Gasteiger partial charge on any atom is 0.308 e. The predicted octanol–water partition coefficient (Wildman–Crippen LogP) is 6.11. The lowest BCUT2D eigenvalue weighted by atomic mass is 9.94. The number of aliphatic hydroxyl groups excluding tert-OH is 2. The Morgan fingerprint density at radius 1 is 1.00 bits per heavy atom. The standard InChI is InChI=1S/C34H37FN2O6/c1-21(2)32-31(34(42)36-27-11-7-8-12-28(27)40)30(22-9-5-4-6-10-22)33(23-13-15-24(35)16-14-23)37(32)18-17-25(38)19-26(39)20-29(41)43-3/h4-16,21,25-26,38-40H,17-20H2,1-3H3,(H,36,42)/t25-,26-/m1/s1/i3D3,20D2,21D. The van der Waals surface area contributed by atoms with Crippen molar-refractivity contribution in [3.05, 3.63) is 95.9 Å². The summed E-state index contributed by atoms with van der Waals surface area (Å²) in [7, 11) is -3.24. The van der Waals surface area contributed by atoms with Crippen LogP contribution in [0.25, 0.3) is 22.4 Å². The number of phenolic OH excluding ortho intramolecular Hbond substituents is 1. The largest absolute Gasteiger partial charge is 0.506 e. The van der Waals surface area contributed by atoms with Gasteiger partial charge in [0, 0.05) is 21.9 Å². The van der Waals surface area contributed by atoms with Gasteiger partial charge in [-0.1, -0.05) is 56.3 Å². The lowest BCUT2D eigenvalue weighted by Crippen LogP contribution is -2.23. The number of hydrogen-bond donors (Lipinski definition) is 4. The molecule has 0 fully saturated rings. The number of aromatic nitrogens is 1. The van der Waals surface area contributed by atoms with Crippen LogP contribution in [0.2, 0.25) is 0 Å². The van der Waals surface area contributed by atoms with Crippen molar-refractivity contribution in [2.24, 2.45) is 0 Å². The van der Waals surface area contributed by atoms with E-state index in [2.05, 4.69) is 10.1 Å². The minimum atomic E-state index is -3.24. The highest BCUT2D eigenvalue weighted by molar-refractivity contribution is 6.13. The lowest BCUT2D eigenvalue weighted by Gasteiger charge is -2.20. The van der Waals surface area contributed by atoms with Gasteiger partial charge in [-0.15, -0.1) is 0 Å². The summed E-state index contributed by atoms with van der Waals surface area (Å²) in [6, 6.07) is 20.4. The van der Waals surface area contributed by atoms with Gasteiger partial charge in [0.25, 0.3) is 5.91 Å². The van der Waals surface area contributed by atoms with Crippen LogP contribution in [0.4, 0.5) is 10.1 Å². The Balaban J connectivity index is 1.85. The molecule has 0 aliphatic rings. The number of nitrogens with one attached hydrogen (secondary N) is 1. The molecule has 226 valence electrons. The molecule has 0 bridgehead atoms. The molecule has 0 radical (unpaired) electrons. The number of halogens is 1. The van der Waals surface area contributed by atoms with E-state index in [1.807, 2.05) is 0 Å². The van der Waals surface area contributed by atoms with Gasteiger partial charge in [-0.3, -0.25) is 9.59 Å². The molecule has 4 rings (SSSR count). The Hall–Kier alpha value is -4.47. The molecule has 1 heterocycles. The maximum absolute atomic E-state index is 14.2. The summed E-state index contributed by atoms with van der Waals surface area (Å²) < 4.78 is 66.1. The summed E-state index contributed by atoms with van der Waals surface area (Å²) in [6.45, 7) is 3.01. The molecule has 1 aromatic heterocycles. The number of rotatable bonds is 12. The number of phenols is 1. The van der Waals surface area contributed by atoms with E-state index < -0.39 is 55.6 Å². The van der Waals surface area contributed by atoms with E-state index in [1.165, 1.54) is 36.4 Å². The maximum atomic E-state index is 14.2. The molecule has 4 N–H and O–H groups in total. The van der Waals surface area contributed by atoms with Gasteiger partial charge in [0.15, 0.2) is 0 Å². The van der Waals surface area contributed by atoms with Crippen LogP contribution in [-0.2, 0) is 16.1 Å². The number of benzene rings is 3. The van der Waals surface area contributed by atoms with Crippen LogP contribution in [0.1, 0.15) is 63.2 Å². The van der Waals surface area contributed by atoms with Crippen LogP contribution in [0.3, 0.4) is 0 Å². The molecule has 4 aromatic rings. The number of para-hydroxylation sites is 2. The van der Waals surface area contributed by atoms with E-state index in [4.69, 9.17) is 6.85 Å². The number of aliphatic hydroxyl groups is 2. The smallest absolute Gasteiger partial charge is 0.308 e. The molecule has 0 saturated heterocycles. The third-order valence-corrected chi connectivity index (χ3v) is 6.85. The number of carbonyl (C=O) groups excluding carboxylic acids is 2. The van der Waals surface area contributed by atoms with E-state index in [0.29, 0.717) is 22.4 Å². The number of anilines is 1. The van der Waals surface area contributed by atoms with E-state index in [9.17, 15) is 30.7 Å². The summed E-state index contributed by atoms with van der Waals surface area (Å²) in [5, 5.41) is 34.6. The zero-order valence-corrected chi connectivity index (χ0v) is 23.7. The van der Waals surface area contributed by atoms with Gasteiger partial charge in [0.05, 0.1) is 46.7 Å². The Labute approximate surface area is 258 Å². The quantitative estimate of drug-likeness (QED) is 0.116. The van der Waals surface area contributed by atoms with Crippen molar-refractivity contribution < 1.29 is 42.3 Å². The normalized spacial score (nSPS) is 15.6. The fourth-order valence-corrected chi connectivity index (χ4v) is 5.02. The van der Waals surface area contributed by atoms with Gasteiger partial charge in [0.2, 0.25) is 0 Å². The number of ether oxygens (including phenoxy) is 1. The van der Waals surface area contributed by atoms with Crippen molar-refractivity contribution in [3.8, 4) is 28.1 Å². The Kier molecular flexibility index (Phi) is 7.90. The van der Waals surface area contributed by atoms with Gasteiger partial charge < -0.3 is 29.9 Å². The molecule has 8 nitrogen and oxygen atoms in total. The van der Waals surface area contributed by atoms with Crippen molar-refractivity contribution in [1.29, 1.82) is 0 Å². The number of esters is 1. The zero-order valence-electron chi connectivity index (χ0n) is 29.7. The van der Waals surface area contributed by atoms with Crippen molar-refractivity contribution >= 4 is 17.6 Å². The van der Waals surface area contributed by atoms with Gasteiger partial charge in [-0.05, 0) is 66.3 Å². The molecule has 43 heavy (non-hydrogen) atoms. The van der Waals surface area contributed by atoms with Crippen LogP contribution in [0, 0.1) is 5.82 Å². The topological polar surface area (TPSA) is 121 Å². The monoisotopic (exact) mass is 594 g/mol. The van der Waals surface area contributed by atoms with Crippen LogP contribution in [0.15, 0.2) is 78.9 Å². The highest BCUT2D eigenvalue weighted by Gasteiger charge is 2.31. The SMILES string of the molecule is [2H]C([2H])([2H])OC(=O)C([2H])([2H])[C@H](O)C[C@H](O)CCn1c(-c2ccc(F)cc2)c(-c2ccccc2)c(C(=O)Nc2ccccc2O)c1C([2H])(C)C. The zero-order chi connectivity index (χ0) is 36.3. The average Bonchev–Trinajstić information content (AvgIpc) is 3.37. The minimum Gasteiger partial charge on any atom is -0.506 e. The predicted molar refractivity (Wildman–Crippen MR) is 163 cm³/mol. The molecule has 0 unspecified atom stereocenters. The number of hydrogen-bond acceptors (Lipinski definition) is 6. The van der Waals surface area contributed by atoms with Gasteiger partial charge >= 0.3 is 5.97 Å². The van der Waals surface area contributed by atoms with Crippen LogP contribution >= 0.6 is 0 Å². The fraction of sp³-hybridized carbons (Fsp3) is 0.294. The second-order valence-electron chi connectivity index (χ2n) is 10.2. The Morgan fingerprint density at radius 2 is 1.67 bits per heavy atom. The molecule has 0 saturated carbocycles. The number of methoxy groups -OCH3 is 1. The third-order valence-electron chi connectivity index (χ3n) is 6.85. The summed E-state index contributed by atoms with van der Waals surface area (Å²) in [6.07, 6.45) is -7.66. The first-order chi connectivity index (χ1) is 22.8. The van der Waals surface area contributed by atoms with E-state index in [0.717, 1.165) is 0 Å². The summed E-state index contributed by atoms with van der Waals surface area (Å²) >= 11 is 0. The highest BCUT2D eigenvalue weighted by Crippen LogP contribution is 2.43. The molecule has 0 spiro atoms. The molecule has 3 aromatic carbocycles. The third kappa shape index (κ3) is 7.49. The van der Waals surface area contributed by atoms with E-state index in [1.54, 1.807) is 60.9 Å². The molecule has 1 amide bonds. The van der Waals surface area contributed by atoms with Crippen molar-refractivity contribution in [2.75, 3.05) is 12.4 Å². The first kappa shape index (κ1) is 24.0. The molecule has 0 aliphatic heterocycles. The second-order valence-corrected chi connectivity index (χ2v) is 10.2. The first-order valence-corrected chi connectivity index (χ1v) is 13.6. The van der Waals surface area contributed by atoms with E-state index >= 15 is 0 Å². The number of aromatic hydroxyl groups is 1. The molecule has 9 heteroatoms. The van der Waals surface area contributed by atoms with Crippen LogP contribution < -0.4 is 5.32 Å². The van der Waals surface area contributed by atoms with Crippen molar-refractivity contribution in [1.82, 2.24) is 4.57 Å². The first-order valence-electron chi connectivity index (χ1n) is 16.6. The van der Waals surface area contributed by atoms with E-state index in [-0.39, 0.29) is 35.7 Å². The van der Waals surface area contributed by atoms with Gasteiger partial charge in [-0.25, -0.2) is 4.39 Å². The van der Waals surface area contributed by atoms with Crippen LogP contribution in [0.5, 0.6) is 5.75 Å². The molecular formula is C34H37FN2O6. The van der Waals surface area contributed by atoms with Crippen molar-refractivity contribution in [3.63, 3.8) is 0 Å². The molecule has 0 aliphatic carbocycles. The summed E-state index contributed by atoms with van der Waals surface area (Å²) in [5.74, 6) is -4.66. The lowest BCUT2D eigenvalue weighted by molar-refractivity contribution is -0.143. The fourth-order valence-electron chi connectivity index (χ4n) is 5.02. The average molecular weight is 595 g/mol. The molecular weight excluding hydrogens is 551 g/mol. The van der Waals surface area contributed by atoms with Gasteiger partial charge in [0.1, 0.15) is 11.6 Å². The summed E-state index contributed by atoms with van der Waals surface area (Å²) in [4.78, 5) is 26.4. The number of carbonyl (C=O) groups is 2. The van der Waals surface area contributed by atoms with Crippen molar-refractivity contribution in [2.45, 2.75) is 57.7 Å².